The lowest BCUT2D eigenvalue weighted by molar-refractivity contribution is -0.151. The van der Waals surface area contributed by atoms with Crippen molar-refractivity contribution in [1.82, 2.24) is 9.62 Å². The number of nitrogens with one attached hydrogen (secondary N) is 1. The SMILES string of the molecule is C.CCCCCC/C=C\COC(=O)CCCCCCCNCCCC(=O)O[C@H]1CC[C@@]2(C)C(=CC[C@H]3[C@@H]4CC[C@H]([C@H](C)CCCC(C)C)[C@@]4(C)CC[C@@H]32)C1.CN(C)SO. The van der Waals surface area contributed by atoms with E-state index in [0.29, 0.717) is 42.5 Å². The third kappa shape index (κ3) is 18.1. The summed E-state index contributed by atoms with van der Waals surface area (Å²) in [6.07, 6.45) is 34.6. The van der Waals surface area contributed by atoms with Crippen molar-refractivity contribution in [1.29, 1.82) is 0 Å². The number of esters is 2. The van der Waals surface area contributed by atoms with Crippen LogP contribution in [0.25, 0.3) is 0 Å². The molecule has 3 fully saturated rings. The van der Waals surface area contributed by atoms with E-state index in [1.54, 1.807) is 24.0 Å². The Morgan fingerprint density at radius 1 is 0.864 bits per heavy atom. The molecule has 7 nitrogen and oxygen atoms in total. The van der Waals surface area contributed by atoms with E-state index in [1.807, 2.05) is 6.08 Å². The van der Waals surface area contributed by atoms with Gasteiger partial charge in [0.05, 0.1) is 12.2 Å². The molecule has 0 spiro atoms. The molecule has 4 aliphatic carbocycles. The van der Waals surface area contributed by atoms with Gasteiger partial charge in [-0.15, -0.1) is 0 Å². The lowest BCUT2D eigenvalue weighted by Crippen LogP contribution is -2.51. The van der Waals surface area contributed by atoms with E-state index >= 15 is 0 Å². The van der Waals surface area contributed by atoms with Crippen molar-refractivity contribution in [3.05, 3.63) is 23.8 Å². The molecule has 344 valence electrons. The van der Waals surface area contributed by atoms with E-state index in [-0.39, 0.29) is 25.5 Å². The normalized spacial score (nSPS) is 27.8. The highest BCUT2D eigenvalue weighted by Gasteiger charge is 2.59. The second-order valence-corrected chi connectivity index (χ2v) is 20.8. The van der Waals surface area contributed by atoms with Gasteiger partial charge in [0.1, 0.15) is 12.7 Å². The Labute approximate surface area is 369 Å². The molecule has 0 aromatic rings. The fourth-order valence-corrected chi connectivity index (χ4v) is 11.6. The summed E-state index contributed by atoms with van der Waals surface area (Å²) < 4.78 is 21.0. The Bertz CT molecular complexity index is 1220. The summed E-state index contributed by atoms with van der Waals surface area (Å²) >= 11 is 0.713. The summed E-state index contributed by atoms with van der Waals surface area (Å²) in [6.45, 7) is 17.1. The van der Waals surface area contributed by atoms with Gasteiger partial charge in [-0.1, -0.05) is 131 Å². The van der Waals surface area contributed by atoms with E-state index in [4.69, 9.17) is 14.0 Å². The van der Waals surface area contributed by atoms with E-state index < -0.39 is 0 Å². The first-order chi connectivity index (χ1) is 27.8. The van der Waals surface area contributed by atoms with Gasteiger partial charge in [0, 0.05) is 19.3 Å². The van der Waals surface area contributed by atoms with Gasteiger partial charge in [0.25, 0.3) is 0 Å². The number of carbonyl (C=O) groups excluding carboxylic acids is 2. The van der Waals surface area contributed by atoms with Gasteiger partial charge in [0.15, 0.2) is 0 Å². The average Bonchev–Trinajstić information content (AvgIpc) is 3.55. The smallest absolute Gasteiger partial charge is 0.306 e. The van der Waals surface area contributed by atoms with E-state index in [0.717, 1.165) is 100.0 Å². The number of rotatable bonds is 26. The van der Waals surface area contributed by atoms with Crippen molar-refractivity contribution in [2.24, 2.45) is 46.3 Å². The lowest BCUT2D eigenvalue weighted by atomic mass is 9.47. The minimum atomic E-state index is -0.0754. The fraction of sp³-hybridized carbons (Fsp3) is 0.882. The van der Waals surface area contributed by atoms with Gasteiger partial charge in [0.2, 0.25) is 0 Å². The second-order valence-electron chi connectivity index (χ2n) is 19.9. The van der Waals surface area contributed by atoms with Crippen LogP contribution >= 0.6 is 12.2 Å². The summed E-state index contributed by atoms with van der Waals surface area (Å²) in [5.41, 5.74) is 2.44. The number of allylic oxidation sites excluding steroid dienone is 2. The molecule has 3 saturated carbocycles. The van der Waals surface area contributed by atoms with Gasteiger partial charge in [-0.25, -0.2) is 4.31 Å². The highest BCUT2D eigenvalue weighted by Crippen LogP contribution is 2.67. The van der Waals surface area contributed by atoms with Crippen molar-refractivity contribution in [2.75, 3.05) is 33.8 Å². The topological polar surface area (TPSA) is 88.1 Å². The van der Waals surface area contributed by atoms with Crippen LogP contribution in [0.5, 0.6) is 0 Å². The maximum absolute atomic E-state index is 12.8. The zero-order chi connectivity index (χ0) is 42.4. The Hall–Kier alpha value is -1.35. The quantitative estimate of drug-likeness (QED) is 0.0293. The van der Waals surface area contributed by atoms with E-state index in [2.05, 4.69) is 59.0 Å². The van der Waals surface area contributed by atoms with Crippen LogP contribution in [0.2, 0.25) is 0 Å². The largest absolute Gasteiger partial charge is 0.462 e. The number of unbranched alkanes of at least 4 members (excludes halogenated alkanes) is 8. The average molecular weight is 847 g/mol. The fourth-order valence-electron chi connectivity index (χ4n) is 11.6. The van der Waals surface area contributed by atoms with Crippen molar-refractivity contribution in [3.8, 4) is 0 Å². The van der Waals surface area contributed by atoms with Gasteiger partial charge >= 0.3 is 11.9 Å². The molecule has 0 aromatic heterocycles. The van der Waals surface area contributed by atoms with Crippen LogP contribution in [-0.4, -0.2) is 60.7 Å². The van der Waals surface area contributed by atoms with Crippen LogP contribution in [-0.2, 0) is 19.1 Å². The highest BCUT2D eigenvalue weighted by molar-refractivity contribution is 7.91. The monoisotopic (exact) mass is 847 g/mol. The first-order valence-corrected chi connectivity index (χ1v) is 25.0. The van der Waals surface area contributed by atoms with Crippen molar-refractivity contribution >= 4 is 24.2 Å². The predicted molar refractivity (Wildman–Crippen MR) is 252 cm³/mol. The molecular weight excluding hydrogens is 753 g/mol. The van der Waals surface area contributed by atoms with Gasteiger partial charge in [-0.05, 0) is 151 Å². The van der Waals surface area contributed by atoms with Gasteiger partial charge in [-0.3, -0.25) is 9.59 Å². The molecule has 0 amide bonds. The maximum Gasteiger partial charge on any atom is 0.306 e. The number of hydrogen-bond acceptors (Lipinski definition) is 8. The van der Waals surface area contributed by atoms with Crippen molar-refractivity contribution < 1.29 is 23.6 Å². The zero-order valence-corrected chi connectivity index (χ0v) is 39.6. The van der Waals surface area contributed by atoms with Gasteiger partial charge < -0.3 is 19.3 Å². The first kappa shape index (κ1) is 53.8. The molecule has 0 radical (unpaired) electrons. The number of ether oxygens (including phenoxy) is 2. The summed E-state index contributed by atoms with van der Waals surface area (Å²) in [5.74, 6) is 5.05. The molecule has 4 aliphatic rings. The molecule has 2 N–H and O–H groups in total. The zero-order valence-electron chi connectivity index (χ0n) is 38.8. The molecule has 0 unspecified atom stereocenters. The number of hydrogen-bond donors (Lipinski definition) is 2. The third-order valence-electron chi connectivity index (χ3n) is 14.9. The molecule has 0 heterocycles. The molecule has 0 saturated heterocycles. The molecular formula is C51H94N2O5S. The second kappa shape index (κ2) is 29.1. The maximum atomic E-state index is 12.8. The minimum absolute atomic E-state index is 0. The molecule has 4 rings (SSSR count). The van der Waals surface area contributed by atoms with Crippen LogP contribution < -0.4 is 5.32 Å². The van der Waals surface area contributed by atoms with Crippen LogP contribution in [0.4, 0.5) is 0 Å². The summed E-state index contributed by atoms with van der Waals surface area (Å²) in [4.78, 5) is 24.8. The van der Waals surface area contributed by atoms with Gasteiger partial charge in [-0.2, -0.15) is 0 Å². The molecule has 0 aliphatic heterocycles. The lowest BCUT2D eigenvalue weighted by Gasteiger charge is -2.58. The highest BCUT2D eigenvalue weighted by atomic mass is 32.2. The standard InChI is InChI=1S/C48H83NO4.C2H7NOS.CH4/c1-7-8-9-10-11-15-18-35-52-45(50)23-16-13-12-14-17-33-49-34-20-24-46(51)53-40-29-31-47(5)39(36-40)25-26-41-43-28-27-42(38(4)22-19-21-37(2)3)48(43,6)32-30-44(41)47;1-3(2)5-4;/h15,18,25,37-38,40-44,49H,7-14,16-17,19-24,26-36H2,1-6H3;4H,1-2H3;1H4/b18-15-;;/t38-,40+,41+,42-,43+,44+,47+,48-;;/m1../s1. The molecule has 0 bridgehead atoms. The summed E-state index contributed by atoms with van der Waals surface area (Å²) in [6, 6.07) is 0. The van der Waals surface area contributed by atoms with Crippen molar-refractivity contribution in [3.63, 3.8) is 0 Å². The Morgan fingerprint density at radius 3 is 2.29 bits per heavy atom. The predicted octanol–water partition coefficient (Wildman–Crippen LogP) is 14.0. The van der Waals surface area contributed by atoms with Crippen LogP contribution in [0, 0.1) is 46.3 Å². The van der Waals surface area contributed by atoms with Crippen molar-refractivity contribution in [2.45, 2.75) is 209 Å². The molecule has 8 heteroatoms. The molecule has 0 aromatic carbocycles. The third-order valence-corrected chi connectivity index (χ3v) is 15.2. The molecule has 8 atom stereocenters. The van der Waals surface area contributed by atoms with Crippen LogP contribution in [0.3, 0.4) is 0 Å². The Kier molecular flexibility index (Phi) is 26.5. The van der Waals surface area contributed by atoms with E-state index in [9.17, 15) is 9.59 Å². The number of fused-ring (bicyclic) bond motifs is 5. The minimum Gasteiger partial charge on any atom is -0.462 e. The first-order valence-electron chi connectivity index (χ1n) is 24.2. The van der Waals surface area contributed by atoms with Crippen LogP contribution in [0.15, 0.2) is 23.8 Å². The Morgan fingerprint density at radius 2 is 1.56 bits per heavy atom. The summed E-state index contributed by atoms with van der Waals surface area (Å²) in [7, 11) is 3.54. The van der Waals surface area contributed by atoms with E-state index in [1.165, 1.54) is 89.9 Å². The molecule has 59 heavy (non-hydrogen) atoms. The summed E-state index contributed by atoms with van der Waals surface area (Å²) in [5, 5.41) is 3.51. The van der Waals surface area contributed by atoms with Crippen LogP contribution in [0.1, 0.15) is 203 Å². The number of nitrogens with zero attached hydrogens (tertiary/aromatic N) is 1. The Balaban J connectivity index is 0.00000188. The number of carbonyl (C=O) groups is 2.